The molecule has 146 valence electrons. The van der Waals surface area contributed by atoms with Crippen molar-refractivity contribution in [1.82, 2.24) is 20.2 Å². The number of hydrogen-bond acceptors (Lipinski definition) is 5. The van der Waals surface area contributed by atoms with Gasteiger partial charge in [0.2, 0.25) is 11.8 Å². The zero-order chi connectivity index (χ0) is 19.8. The van der Waals surface area contributed by atoms with Crippen molar-refractivity contribution in [2.45, 2.75) is 51.7 Å². The highest BCUT2D eigenvalue weighted by atomic mass is 32.2. The van der Waals surface area contributed by atoms with Crippen molar-refractivity contribution < 1.29 is 14.7 Å². The summed E-state index contributed by atoms with van der Waals surface area (Å²) >= 11 is 1.24. The van der Waals surface area contributed by atoms with E-state index in [9.17, 15) is 14.7 Å². The van der Waals surface area contributed by atoms with Crippen LogP contribution in [0, 0.1) is 6.92 Å². The Balaban J connectivity index is 1.90. The number of aromatic nitrogens is 2. The molecule has 2 aromatic rings. The summed E-state index contributed by atoms with van der Waals surface area (Å²) in [5.41, 5.74) is 2.75. The van der Waals surface area contributed by atoms with E-state index < -0.39 is 0 Å². The van der Waals surface area contributed by atoms with Crippen molar-refractivity contribution in [2.75, 3.05) is 5.75 Å². The molecule has 0 bridgehead atoms. The smallest absolute Gasteiger partial charge is 0.240 e. The Hall–Kier alpha value is -2.32. The van der Waals surface area contributed by atoms with Gasteiger partial charge in [-0.1, -0.05) is 41.6 Å². The molecular weight excluding hydrogens is 364 g/mol. The van der Waals surface area contributed by atoms with E-state index in [-0.39, 0.29) is 36.8 Å². The number of nitrogens with zero attached hydrogens (tertiary/aromatic N) is 2. The van der Waals surface area contributed by atoms with Crippen LogP contribution >= 0.6 is 11.8 Å². The van der Waals surface area contributed by atoms with Crippen LogP contribution in [0.25, 0.3) is 0 Å². The van der Waals surface area contributed by atoms with E-state index in [1.807, 2.05) is 45.0 Å². The zero-order valence-corrected chi connectivity index (χ0v) is 16.7. The molecule has 0 radical (unpaired) electrons. The second-order valence-electron chi connectivity index (χ2n) is 6.55. The normalized spacial score (nSPS) is 10.9. The summed E-state index contributed by atoms with van der Waals surface area (Å²) in [5.74, 6) is -0.102. The first kappa shape index (κ1) is 21.0. The highest BCUT2D eigenvalue weighted by molar-refractivity contribution is 7.99. The average Bonchev–Trinajstić information content (AvgIpc) is 3.00. The SMILES string of the molecule is Cc1ccc(CNC(=O)CSc2ncc(CO)n2CC(=O)NC(C)C)cc1. The van der Waals surface area contributed by atoms with E-state index in [1.54, 1.807) is 4.57 Å². The van der Waals surface area contributed by atoms with Gasteiger partial charge < -0.3 is 20.3 Å². The second kappa shape index (κ2) is 10.1. The van der Waals surface area contributed by atoms with Crippen molar-refractivity contribution in [3.63, 3.8) is 0 Å². The maximum absolute atomic E-state index is 12.1. The average molecular weight is 391 g/mol. The monoisotopic (exact) mass is 390 g/mol. The van der Waals surface area contributed by atoms with Crippen LogP contribution in [0.3, 0.4) is 0 Å². The molecule has 0 aliphatic rings. The molecular formula is C19H26N4O3S. The number of aryl methyl sites for hydroxylation is 1. The fourth-order valence-corrected chi connectivity index (χ4v) is 3.23. The minimum Gasteiger partial charge on any atom is -0.390 e. The summed E-state index contributed by atoms with van der Waals surface area (Å²) < 4.78 is 1.63. The lowest BCUT2D eigenvalue weighted by molar-refractivity contribution is -0.122. The summed E-state index contributed by atoms with van der Waals surface area (Å²) in [7, 11) is 0. The number of thioether (sulfide) groups is 1. The van der Waals surface area contributed by atoms with Crippen LogP contribution in [-0.2, 0) is 29.3 Å². The summed E-state index contributed by atoms with van der Waals surface area (Å²) in [6.45, 7) is 6.08. The number of hydrogen-bond donors (Lipinski definition) is 3. The van der Waals surface area contributed by atoms with Gasteiger partial charge in [-0.3, -0.25) is 9.59 Å². The lowest BCUT2D eigenvalue weighted by Crippen LogP contribution is -2.33. The first-order valence-corrected chi connectivity index (χ1v) is 9.77. The molecule has 2 rings (SSSR count). The van der Waals surface area contributed by atoms with Crippen molar-refractivity contribution in [2.24, 2.45) is 0 Å². The van der Waals surface area contributed by atoms with E-state index in [1.165, 1.54) is 23.5 Å². The number of benzene rings is 1. The molecule has 3 N–H and O–H groups in total. The van der Waals surface area contributed by atoms with E-state index in [0.29, 0.717) is 17.4 Å². The number of amides is 2. The van der Waals surface area contributed by atoms with E-state index in [0.717, 1.165) is 5.56 Å². The third-order valence-corrected chi connectivity index (χ3v) is 4.75. The number of nitrogens with one attached hydrogen (secondary N) is 2. The number of imidazole rings is 1. The lowest BCUT2D eigenvalue weighted by Gasteiger charge is -2.13. The number of aliphatic hydroxyl groups excluding tert-OH is 1. The van der Waals surface area contributed by atoms with Gasteiger partial charge in [0.15, 0.2) is 5.16 Å². The van der Waals surface area contributed by atoms with Gasteiger partial charge in [0.05, 0.1) is 24.3 Å². The van der Waals surface area contributed by atoms with Crippen molar-refractivity contribution in [3.8, 4) is 0 Å². The van der Waals surface area contributed by atoms with Crippen LogP contribution in [0.5, 0.6) is 0 Å². The molecule has 1 heterocycles. The molecule has 27 heavy (non-hydrogen) atoms. The van der Waals surface area contributed by atoms with E-state index in [4.69, 9.17) is 0 Å². The van der Waals surface area contributed by atoms with Crippen molar-refractivity contribution >= 4 is 23.6 Å². The fraction of sp³-hybridized carbons (Fsp3) is 0.421. The summed E-state index contributed by atoms with van der Waals surface area (Å²) in [6.07, 6.45) is 1.52. The predicted octanol–water partition coefficient (Wildman–Crippen LogP) is 1.62. The first-order chi connectivity index (χ1) is 12.9. The van der Waals surface area contributed by atoms with Gasteiger partial charge in [0.25, 0.3) is 0 Å². The number of carbonyl (C=O) groups excluding carboxylic acids is 2. The molecule has 1 aromatic carbocycles. The topological polar surface area (TPSA) is 96.2 Å². The third-order valence-electron chi connectivity index (χ3n) is 3.76. The third kappa shape index (κ3) is 6.73. The van der Waals surface area contributed by atoms with Crippen LogP contribution in [0.1, 0.15) is 30.7 Å². The van der Waals surface area contributed by atoms with Gasteiger partial charge >= 0.3 is 0 Å². The molecule has 0 fully saturated rings. The maximum Gasteiger partial charge on any atom is 0.240 e. The molecule has 0 spiro atoms. The Kier molecular flexibility index (Phi) is 7.87. The maximum atomic E-state index is 12.1. The standard InChI is InChI=1S/C19H26N4O3S/c1-13(2)22-17(25)10-23-16(11-24)9-21-19(23)27-12-18(26)20-8-15-6-4-14(3)5-7-15/h4-7,9,13,24H,8,10-12H2,1-3H3,(H,20,26)(H,22,25). The highest BCUT2D eigenvalue weighted by Crippen LogP contribution is 2.18. The minimum atomic E-state index is -0.220. The Morgan fingerprint density at radius 1 is 1.22 bits per heavy atom. The van der Waals surface area contributed by atoms with Crippen LogP contribution in [-0.4, -0.2) is 38.3 Å². The molecule has 0 aliphatic carbocycles. The summed E-state index contributed by atoms with van der Waals surface area (Å²) in [5, 5.41) is 15.7. The van der Waals surface area contributed by atoms with Crippen LogP contribution in [0.15, 0.2) is 35.6 Å². The van der Waals surface area contributed by atoms with Gasteiger partial charge in [-0.2, -0.15) is 0 Å². The lowest BCUT2D eigenvalue weighted by atomic mass is 10.1. The largest absolute Gasteiger partial charge is 0.390 e. The predicted molar refractivity (Wildman–Crippen MR) is 105 cm³/mol. The van der Waals surface area contributed by atoms with Crippen LogP contribution in [0.2, 0.25) is 0 Å². The quantitative estimate of drug-likeness (QED) is 0.566. The van der Waals surface area contributed by atoms with Gasteiger partial charge in [0.1, 0.15) is 6.54 Å². The van der Waals surface area contributed by atoms with Gasteiger partial charge in [-0.05, 0) is 26.3 Å². The number of rotatable bonds is 9. The Bertz CT molecular complexity index is 772. The molecule has 0 unspecified atom stereocenters. The molecule has 8 heteroatoms. The van der Waals surface area contributed by atoms with Crippen LogP contribution in [0.4, 0.5) is 0 Å². The van der Waals surface area contributed by atoms with Gasteiger partial charge in [-0.15, -0.1) is 0 Å². The van der Waals surface area contributed by atoms with Gasteiger partial charge in [-0.25, -0.2) is 4.98 Å². The minimum absolute atomic E-state index is 0.0299. The van der Waals surface area contributed by atoms with Crippen molar-refractivity contribution in [1.29, 1.82) is 0 Å². The molecule has 2 amide bonds. The molecule has 0 saturated heterocycles. The molecule has 1 aromatic heterocycles. The van der Waals surface area contributed by atoms with E-state index in [2.05, 4.69) is 15.6 Å². The number of aliphatic hydroxyl groups is 1. The number of carbonyl (C=O) groups is 2. The zero-order valence-electron chi connectivity index (χ0n) is 15.9. The van der Waals surface area contributed by atoms with Crippen molar-refractivity contribution in [3.05, 3.63) is 47.3 Å². The Morgan fingerprint density at radius 2 is 1.93 bits per heavy atom. The Morgan fingerprint density at radius 3 is 2.56 bits per heavy atom. The molecule has 0 atom stereocenters. The Labute approximate surface area is 163 Å². The fourth-order valence-electron chi connectivity index (χ4n) is 2.40. The molecule has 0 aliphatic heterocycles. The molecule has 0 saturated carbocycles. The second-order valence-corrected chi connectivity index (χ2v) is 7.49. The van der Waals surface area contributed by atoms with Crippen LogP contribution < -0.4 is 10.6 Å². The summed E-state index contributed by atoms with van der Waals surface area (Å²) in [4.78, 5) is 28.4. The molecule has 7 nitrogen and oxygen atoms in total. The highest BCUT2D eigenvalue weighted by Gasteiger charge is 2.15. The summed E-state index contributed by atoms with van der Waals surface area (Å²) in [6, 6.07) is 8.01. The van der Waals surface area contributed by atoms with Gasteiger partial charge in [0, 0.05) is 12.6 Å². The van der Waals surface area contributed by atoms with E-state index >= 15 is 0 Å². The first-order valence-electron chi connectivity index (χ1n) is 8.78.